The van der Waals surface area contributed by atoms with Crippen LogP contribution in [-0.4, -0.2) is 11.7 Å². The molecule has 0 unspecified atom stereocenters. The van der Waals surface area contributed by atoms with Crippen molar-refractivity contribution in [2.24, 2.45) is 0 Å². The quantitative estimate of drug-likeness (QED) is 0.872. The van der Waals surface area contributed by atoms with Crippen LogP contribution in [0.3, 0.4) is 0 Å². The van der Waals surface area contributed by atoms with E-state index in [1.54, 1.807) is 12.1 Å². The summed E-state index contributed by atoms with van der Waals surface area (Å²) in [6.45, 7) is 4.77. The van der Waals surface area contributed by atoms with Crippen molar-refractivity contribution in [3.8, 4) is 11.5 Å². The van der Waals surface area contributed by atoms with E-state index >= 15 is 0 Å². The van der Waals surface area contributed by atoms with Crippen LogP contribution < -0.4 is 9.47 Å². The Morgan fingerprint density at radius 1 is 1.05 bits per heavy atom. The van der Waals surface area contributed by atoms with Gasteiger partial charge in [-0.25, -0.2) is 0 Å². The Balaban J connectivity index is 2.19. The summed E-state index contributed by atoms with van der Waals surface area (Å²) < 4.78 is 11.4. The Morgan fingerprint density at radius 2 is 1.76 bits per heavy atom. The zero-order valence-corrected chi connectivity index (χ0v) is 13.0. The number of benzene rings is 2. The Kier molecular flexibility index (Phi) is 5.48. The lowest BCUT2D eigenvalue weighted by atomic mass is 10.1. The van der Waals surface area contributed by atoms with Crippen LogP contribution in [0.1, 0.15) is 23.6 Å². The fourth-order valence-corrected chi connectivity index (χ4v) is 2.24. The van der Waals surface area contributed by atoms with Crippen LogP contribution in [-0.2, 0) is 13.2 Å². The van der Waals surface area contributed by atoms with E-state index in [-0.39, 0.29) is 6.61 Å². The number of halogens is 1. The maximum Gasteiger partial charge on any atom is 0.180 e. The van der Waals surface area contributed by atoms with Crippen LogP contribution in [0.2, 0.25) is 5.02 Å². The van der Waals surface area contributed by atoms with Gasteiger partial charge in [0.2, 0.25) is 0 Å². The van der Waals surface area contributed by atoms with Crippen molar-refractivity contribution in [2.45, 2.75) is 27.1 Å². The molecule has 21 heavy (non-hydrogen) atoms. The van der Waals surface area contributed by atoms with Crippen molar-refractivity contribution in [1.82, 2.24) is 0 Å². The van der Waals surface area contributed by atoms with Gasteiger partial charge in [-0.1, -0.05) is 41.4 Å². The fourth-order valence-electron chi connectivity index (χ4n) is 1.96. The molecule has 112 valence electrons. The summed E-state index contributed by atoms with van der Waals surface area (Å²) in [4.78, 5) is 0. The number of ether oxygens (including phenoxy) is 2. The van der Waals surface area contributed by atoms with Gasteiger partial charge in [0.15, 0.2) is 11.5 Å². The molecule has 0 aliphatic heterocycles. The zero-order valence-electron chi connectivity index (χ0n) is 12.2. The number of rotatable bonds is 6. The third-order valence-corrected chi connectivity index (χ3v) is 3.34. The number of hydrogen-bond donors (Lipinski definition) is 1. The van der Waals surface area contributed by atoms with E-state index in [9.17, 15) is 5.11 Å². The first-order valence-corrected chi connectivity index (χ1v) is 7.26. The number of aliphatic hydroxyl groups excluding tert-OH is 1. The molecule has 0 atom stereocenters. The lowest BCUT2D eigenvalue weighted by Crippen LogP contribution is -2.01. The highest BCUT2D eigenvalue weighted by atomic mass is 35.5. The van der Waals surface area contributed by atoms with E-state index in [2.05, 4.69) is 0 Å². The van der Waals surface area contributed by atoms with Crippen molar-refractivity contribution in [3.05, 3.63) is 58.1 Å². The first kappa shape index (κ1) is 15.7. The second kappa shape index (κ2) is 7.34. The Morgan fingerprint density at radius 3 is 2.38 bits per heavy atom. The zero-order chi connectivity index (χ0) is 15.2. The molecule has 0 amide bonds. The lowest BCUT2D eigenvalue weighted by Gasteiger charge is -2.15. The number of aliphatic hydroxyl groups is 1. The van der Waals surface area contributed by atoms with Crippen molar-refractivity contribution < 1.29 is 14.6 Å². The van der Waals surface area contributed by atoms with Crippen molar-refractivity contribution >= 4 is 11.6 Å². The largest absolute Gasteiger partial charge is 0.490 e. The maximum atomic E-state index is 9.22. The Bertz CT molecular complexity index is 594. The minimum atomic E-state index is -0.0853. The second-order valence-electron chi connectivity index (χ2n) is 4.77. The molecule has 0 heterocycles. The van der Waals surface area contributed by atoms with E-state index in [1.807, 2.05) is 38.1 Å². The van der Waals surface area contributed by atoms with Gasteiger partial charge in [0, 0.05) is 0 Å². The van der Waals surface area contributed by atoms with Gasteiger partial charge in [-0.15, -0.1) is 0 Å². The first-order chi connectivity index (χ1) is 10.1. The maximum absolute atomic E-state index is 9.22. The summed E-state index contributed by atoms with van der Waals surface area (Å²) in [6, 6.07) is 11.6. The van der Waals surface area contributed by atoms with E-state index in [0.717, 1.165) is 5.56 Å². The smallest absolute Gasteiger partial charge is 0.180 e. The molecule has 0 spiro atoms. The highest BCUT2D eigenvalue weighted by Gasteiger charge is 2.12. The molecule has 2 rings (SSSR count). The molecule has 0 radical (unpaired) electrons. The van der Waals surface area contributed by atoms with Gasteiger partial charge >= 0.3 is 0 Å². The summed E-state index contributed by atoms with van der Waals surface area (Å²) in [5, 5.41) is 9.67. The van der Waals surface area contributed by atoms with Gasteiger partial charge in [-0.05, 0) is 37.1 Å². The Labute approximate surface area is 130 Å². The molecular formula is C17H19ClO3. The van der Waals surface area contributed by atoms with Crippen LogP contribution >= 0.6 is 11.6 Å². The van der Waals surface area contributed by atoms with Crippen LogP contribution in [0, 0.1) is 6.92 Å². The summed E-state index contributed by atoms with van der Waals surface area (Å²) in [5.41, 5.74) is 2.97. The predicted molar refractivity (Wildman–Crippen MR) is 84.1 cm³/mol. The minimum Gasteiger partial charge on any atom is -0.490 e. The fraction of sp³-hybridized carbons (Fsp3) is 0.294. The van der Waals surface area contributed by atoms with Gasteiger partial charge in [0.05, 0.1) is 18.2 Å². The standard InChI is InChI=1S/C17H19ClO3/c1-3-20-16-9-14(10-19)8-15(18)17(16)21-11-13-6-4-12(2)5-7-13/h4-9,19H,3,10-11H2,1-2H3. The van der Waals surface area contributed by atoms with Gasteiger partial charge in [-0.2, -0.15) is 0 Å². The molecular weight excluding hydrogens is 288 g/mol. The number of aryl methyl sites for hydroxylation is 1. The summed E-state index contributed by atoms with van der Waals surface area (Å²) in [7, 11) is 0. The van der Waals surface area contributed by atoms with E-state index in [0.29, 0.717) is 35.3 Å². The predicted octanol–water partition coefficient (Wildman–Crippen LogP) is 4.12. The lowest BCUT2D eigenvalue weighted by molar-refractivity contribution is 0.264. The molecule has 4 heteroatoms. The van der Waals surface area contributed by atoms with Crippen molar-refractivity contribution in [2.75, 3.05) is 6.61 Å². The topological polar surface area (TPSA) is 38.7 Å². The monoisotopic (exact) mass is 306 g/mol. The average molecular weight is 307 g/mol. The summed E-state index contributed by atoms with van der Waals surface area (Å²) in [6.07, 6.45) is 0. The van der Waals surface area contributed by atoms with E-state index in [4.69, 9.17) is 21.1 Å². The molecule has 1 N–H and O–H groups in total. The molecule has 0 bridgehead atoms. The molecule has 0 fully saturated rings. The molecule has 3 nitrogen and oxygen atoms in total. The molecule has 2 aromatic carbocycles. The minimum absolute atomic E-state index is 0.0853. The van der Waals surface area contributed by atoms with Crippen molar-refractivity contribution in [3.63, 3.8) is 0 Å². The van der Waals surface area contributed by atoms with Crippen LogP contribution in [0.25, 0.3) is 0 Å². The van der Waals surface area contributed by atoms with E-state index in [1.165, 1.54) is 5.56 Å². The van der Waals surface area contributed by atoms with Gasteiger partial charge in [0.1, 0.15) is 6.61 Å². The highest BCUT2D eigenvalue weighted by Crippen LogP contribution is 2.37. The third kappa shape index (κ3) is 4.13. The van der Waals surface area contributed by atoms with Crippen LogP contribution in [0.4, 0.5) is 0 Å². The third-order valence-electron chi connectivity index (χ3n) is 3.06. The van der Waals surface area contributed by atoms with Crippen LogP contribution in [0.15, 0.2) is 36.4 Å². The van der Waals surface area contributed by atoms with Crippen LogP contribution in [0.5, 0.6) is 11.5 Å². The molecule has 0 aliphatic carbocycles. The first-order valence-electron chi connectivity index (χ1n) is 6.88. The molecule has 0 saturated heterocycles. The molecule has 0 aliphatic rings. The normalized spacial score (nSPS) is 10.5. The van der Waals surface area contributed by atoms with Gasteiger partial charge in [-0.3, -0.25) is 0 Å². The molecule has 0 aromatic heterocycles. The molecule has 2 aromatic rings. The second-order valence-corrected chi connectivity index (χ2v) is 5.18. The average Bonchev–Trinajstić information content (AvgIpc) is 2.48. The van der Waals surface area contributed by atoms with Crippen molar-refractivity contribution in [1.29, 1.82) is 0 Å². The van der Waals surface area contributed by atoms with Gasteiger partial charge < -0.3 is 14.6 Å². The van der Waals surface area contributed by atoms with E-state index < -0.39 is 0 Å². The highest BCUT2D eigenvalue weighted by molar-refractivity contribution is 6.32. The summed E-state index contributed by atoms with van der Waals surface area (Å²) >= 11 is 6.22. The SMILES string of the molecule is CCOc1cc(CO)cc(Cl)c1OCc1ccc(C)cc1. The summed E-state index contributed by atoms with van der Waals surface area (Å²) in [5.74, 6) is 1.07. The van der Waals surface area contributed by atoms with Gasteiger partial charge in [0.25, 0.3) is 0 Å². The number of hydrogen-bond acceptors (Lipinski definition) is 3. The Hall–Kier alpha value is -1.71. The molecule has 0 saturated carbocycles.